The number of carbonyl (C=O) groups excluding carboxylic acids is 3. The molecule has 0 atom stereocenters. The summed E-state index contributed by atoms with van der Waals surface area (Å²) in [5.41, 5.74) is 1.68. The Balaban J connectivity index is 2.04. The van der Waals surface area contributed by atoms with Crippen molar-refractivity contribution in [2.45, 2.75) is 6.17 Å². The van der Waals surface area contributed by atoms with Crippen molar-refractivity contribution in [2.24, 2.45) is 0 Å². The van der Waals surface area contributed by atoms with Crippen LogP contribution in [0.5, 0.6) is 0 Å². The molecule has 0 radical (unpaired) electrons. The molecule has 26 heavy (non-hydrogen) atoms. The molecule has 1 aliphatic rings. The summed E-state index contributed by atoms with van der Waals surface area (Å²) in [6.45, 7) is 0. The van der Waals surface area contributed by atoms with E-state index in [-0.39, 0.29) is 23.0 Å². The average Bonchev–Trinajstić information content (AvgIpc) is 2.59. The maximum Gasteiger partial charge on any atom is 0.256 e. The van der Waals surface area contributed by atoms with E-state index in [1.54, 1.807) is 80.5 Å². The Kier molecular flexibility index (Phi) is 4.71. The molecular formula is C20H21N3O3. The van der Waals surface area contributed by atoms with Gasteiger partial charge in [-0.2, -0.15) is 0 Å². The lowest BCUT2D eigenvalue weighted by atomic mass is 9.83. The zero-order valence-electron chi connectivity index (χ0n) is 15.2. The molecule has 1 amide bonds. The van der Waals surface area contributed by atoms with Gasteiger partial charge >= 0.3 is 0 Å². The van der Waals surface area contributed by atoms with E-state index in [2.05, 4.69) is 5.32 Å². The van der Waals surface area contributed by atoms with Gasteiger partial charge in [-0.05, 0) is 34.3 Å². The summed E-state index contributed by atoms with van der Waals surface area (Å²) < 4.78 is 0. The zero-order valence-corrected chi connectivity index (χ0v) is 15.2. The summed E-state index contributed by atoms with van der Waals surface area (Å²) in [5, 5.41) is 2.82. The molecule has 0 aliphatic heterocycles. The Bertz CT molecular complexity index is 895. The Morgan fingerprint density at radius 2 is 1.35 bits per heavy atom. The Morgan fingerprint density at radius 1 is 0.808 bits per heavy atom. The maximum absolute atomic E-state index is 13.0. The van der Waals surface area contributed by atoms with E-state index in [0.29, 0.717) is 22.4 Å². The van der Waals surface area contributed by atoms with Gasteiger partial charge in [-0.15, -0.1) is 0 Å². The predicted molar refractivity (Wildman–Crippen MR) is 99.5 cm³/mol. The van der Waals surface area contributed by atoms with E-state index < -0.39 is 6.17 Å². The molecule has 0 saturated carbocycles. The van der Waals surface area contributed by atoms with Crippen molar-refractivity contribution in [1.29, 1.82) is 0 Å². The van der Waals surface area contributed by atoms with Crippen molar-refractivity contribution in [3.05, 3.63) is 64.7 Å². The number of nitrogens with one attached hydrogen (secondary N) is 1. The van der Waals surface area contributed by atoms with Gasteiger partial charge in [0, 0.05) is 16.7 Å². The summed E-state index contributed by atoms with van der Waals surface area (Å²) >= 11 is 0. The Morgan fingerprint density at radius 3 is 1.92 bits per heavy atom. The van der Waals surface area contributed by atoms with E-state index in [0.717, 1.165) is 0 Å². The molecule has 0 spiro atoms. The molecule has 1 aliphatic carbocycles. The van der Waals surface area contributed by atoms with Gasteiger partial charge in [-0.3, -0.25) is 24.2 Å². The summed E-state index contributed by atoms with van der Waals surface area (Å²) in [4.78, 5) is 42.0. The monoisotopic (exact) mass is 351 g/mol. The quantitative estimate of drug-likeness (QED) is 0.727. The van der Waals surface area contributed by atoms with E-state index in [4.69, 9.17) is 0 Å². The van der Waals surface area contributed by atoms with Crippen LogP contribution in [0.15, 0.2) is 42.5 Å². The summed E-state index contributed by atoms with van der Waals surface area (Å²) in [6.07, 6.45) is -0.507. The molecule has 6 nitrogen and oxygen atoms in total. The van der Waals surface area contributed by atoms with E-state index in [9.17, 15) is 14.4 Å². The summed E-state index contributed by atoms with van der Waals surface area (Å²) in [5.74, 6) is -0.729. The van der Waals surface area contributed by atoms with Crippen molar-refractivity contribution in [2.75, 3.05) is 33.5 Å². The fourth-order valence-corrected chi connectivity index (χ4v) is 3.38. The number of amides is 1. The predicted octanol–water partition coefficient (Wildman–Crippen LogP) is 1.85. The highest BCUT2D eigenvalue weighted by Gasteiger charge is 2.32. The van der Waals surface area contributed by atoms with Crippen LogP contribution in [0.4, 0.5) is 5.69 Å². The Labute approximate surface area is 152 Å². The van der Waals surface area contributed by atoms with Crippen LogP contribution >= 0.6 is 0 Å². The lowest BCUT2D eigenvalue weighted by Gasteiger charge is -2.29. The highest BCUT2D eigenvalue weighted by molar-refractivity contribution is 6.30. The van der Waals surface area contributed by atoms with Gasteiger partial charge in [0.2, 0.25) is 0 Å². The van der Waals surface area contributed by atoms with Crippen molar-refractivity contribution in [3.8, 4) is 0 Å². The van der Waals surface area contributed by atoms with Crippen molar-refractivity contribution >= 4 is 23.2 Å². The molecule has 0 aromatic heterocycles. The van der Waals surface area contributed by atoms with Gasteiger partial charge in [-0.25, -0.2) is 0 Å². The minimum Gasteiger partial charge on any atom is -0.323 e. The van der Waals surface area contributed by atoms with Gasteiger partial charge < -0.3 is 5.32 Å². The molecule has 2 aromatic rings. The number of anilines is 1. The van der Waals surface area contributed by atoms with Crippen LogP contribution in [0.2, 0.25) is 0 Å². The molecule has 0 saturated heterocycles. The third-order valence-electron chi connectivity index (χ3n) is 4.42. The number of nitrogens with zero attached hydrogens (tertiary/aromatic N) is 2. The molecule has 0 fully saturated rings. The molecule has 1 N–H and O–H groups in total. The normalized spacial score (nSPS) is 13.2. The van der Waals surface area contributed by atoms with Gasteiger partial charge in [0.05, 0.1) is 11.3 Å². The van der Waals surface area contributed by atoms with Crippen molar-refractivity contribution < 1.29 is 14.4 Å². The maximum atomic E-state index is 13.0. The lowest BCUT2D eigenvalue weighted by Crippen LogP contribution is -2.49. The van der Waals surface area contributed by atoms with Crippen molar-refractivity contribution in [1.82, 2.24) is 9.80 Å². The van der Waals surface area contributed by atoms with Crippen LogP contribution in [0.3, 0.4) is 0 Å². The first-order valence-corrected chi connectivity index (χ1v) is 8.28. The second-order valence-corrected chi connectivity index (χ2v) is 6.72. The molecule has 6 heteroatoms. The zero-order chi connectivity index (χ0) is 19.0. The first-order valence-electron chi connectivity index (χ1n) is 8.28. The summed E-state index contributed by atoms with van der Waals surface area (Å²) in [6, 6.07) is 11.7. The third kappa shape index (κ3) is 2.94. The standard InChI is InChI=1S/C20H21N3O3/c1-22(2)20(23(3)4)19(26)21-15-11-7-10-14-16(15)18(25)13-9-6-5-8-12(13)17(14)24/h5-11,20H,1-4H3,(H,21,26). The lowest BCUT2D eigenvalue weighted by molar-refractivity contribution is -0.125. The van der Waals surface area contributed by atoms with Crippen LogP contribution in [-0.2, 0) is 4.79 Å². The third-order valence-corrected chi connectivity index (χ3v) is 4.42. The average molecular weight is 351 g/mol. The minimum atomic E-state index is -0.507. The highest BCUT2D eigenvalue weighted by Crippen LogP contribution is 2.32. The highest BCUT2D eigenvalue weighted by atomic mass is 16.2. The van der Waals surface area contributed by atoms with E-state index >= 15 is 0 Å². The minimum absolute atomic E-state index is 0.205. The van der Waals surface area contributed by atoms with E-state index in [1.165, 1.54) is 0 Å². The SMILES string of the molecule is CN(C)C(C(=O)Nc1cccc2c1C(=O)c1ccccc1C2=O)N(C)C. The molecule has 3 rings (SSSR count). The van der Waals surface area contributed by atoms with Crippen LogP contribution in [0.25, 0.3) is 0 Å². The number of carbonyl (C=O) groups is 3. The largest absolute Gasteiger partial charge is 0.323 e. The molecule has 2 aromatic carbocycles. The molecular weight excluding hydrogens is 330 g/mol. The second-order valence-electron chi connectivity index (χ2n) is 6.72. The van der Waals surface area contributed by atoms with E-state index in [1.807, 2.05) is 0 Å². The summed E-state index contributed by atoms with van der Waals surface area (Å²) in [7, 11) is 7.20. The van der Waals surface area contributed by atoms with Crippen molar-refractivity contribution in [3.63, 3.8) is 0 Å². The van der Waals surface area contributed by atoms with Gasteiger partial charge in [0.25, 0.3) is 5.91 Å². The smallest absolute Gasteiger partial charge is 0.256 e. The number of likely N-dealkylation sites (N-methyl/N-ethyl adjacent to an activating group) is 2. The van der Waals surface area contributed by atoms with Gasteiger partial charge in [0.1, 0.15) is 6.17 Å². The van der Waals surface area contributed by atoms with Crippen LogP contribution < -0.4 is 5.32 Å². The molecule has 0 unspecified atom stereocenters. The molecule has 0 heterocycles. The van der Waals surface area contributed by atoms with Crippen LogP contribution in [0, 0.1) is 0 Å². The van der Waals surface area contributed by atoms with Gasteiger partial charge in [-0.1, -0.05) is 36.4 Å². The molecule has 0 bridgehead atoms. The first kappa shape index (κ1) is 18.0. The number of fused-ring (bicyclic) bond motifs is 2. The topological polar surface area (TPSA) is 69.7 Å². The van der Waals surface area contributed by atoms with Crippen LogP contribution in [0.1, 0.15) is 31.8 Å². The van der Waals surface area contributed by atoms with Gasteiger partial charge in [0.15, 0.2) is 11.6 Å². The first-order chi connectivity index (χ1) is 12.3. The fraction of sp³-hybridized carbons (Fsp3) is 0.250. The number of hydrogen-bond donors (Lipinski definition) is 1. The fourth-order valence-electron chi connectivity index (χ4n) is 3.38. The second kappa shape index (κ2) is 6.82. The number of ketones is 2. The number of benzene rings is 2. The number of hydrogen-bond acceptors (Lipinski definition) is 5. The Hall–Kier alpha value is -2.83. The molecule has 134 valence electrons. The van der Waals surface area contributed by atoms with Crippen LogP contribution in [-0.4, -0.2) is 61.6 Å². The number of rotatable bonds is 4.